The molecule has 1 aliphatic carbocycles. The van der Waals surface area contributed by atoms with Gasteiger partial charge in [0, 0.05) is 35.7 Å². The summed E-state index contributed by atoms with van der Waals surface area (Å²) in [5.41, 5.74) is 4.75. The largest absolute Gasteiger partial charge is 0.376 e. The van der Waals surface area contributed by atoms with Gasteiger partial charge in [-0.2, -0.15) is 0 Å². The van der Waals surface area contributed by atoms with Gasteiger partial charge in [-0.15, -0.1) is 10.2 Å². The number of hydrogen-bond donors (Lipinski definition) is 0. The van der Waals surface area contributed by atoms with Gasteiger partial charge >= 0.3 is 0 Å². The van der Waals surface area contributed by atoms with Gasteiger partial charge in [0.1, 0.15) is 11.6 Å². The number of rotatable bonds is 5. The average molecular weight is 463 g/mol. The number of ether oxygens (including phenoxy) is 1. The fraction of sp³-hybridized carbons (Fsp3) is 0.444. The number of pyridine rings is 1. The Labute approximate surface area is 200 Å². The van der Waals surface area contributed by atoms with E-state index in [0.29, 0.717) is 12.0 Å². The smallest absolute Gasteiger partial charge is 0.141 e. The Morgan fingerprint density at radius 1 is 1.09 bits per heavy atom. The first-order valence-electron chi connectivity index (χ1n) is 12.0. The lowest BCUT2D eigenvalue weighted by molar-refractivity contribution is -0.0151. The van der Waals surface area contributed by atoms with E-state index in [-0.39, 0.29) is 6.10 Å². The minimum Gasteiger partial charge on any atom is -0.376 e. The topological polar surface area (TPSA) is 52.8 Å². The zero-order chi connectivity index (χ0) is 22.8. The summed E-state index contributed by atoms with van der Waals surface area (Å²) in [5.74, 6) is 2.47. The maximum Gasteiger partial charge on any atom is 0.141 e. The number of benzene rings is 1. The van der Waals surface area contributed by atoms with Crippen LogP contribution in [-0.4, -0.2) is 32.0 Å². The molecular formula is C27H31ClN4O. The molecule has 2 aliphatic rings. The van der Waals surface area contributed by atoms with Crippen molar-refractivity contribution in [1.29, 1.82) is 0 Å². The van der Waals surface area contributed by atoms with Crippen molar-refractivity contribution in [2.24, 2.45) is 0 Å². The Hall–Kier alpha value is -2.50. The van der Waals surface area contributed by atoms with Gasteiger partial charge in [0.05, 0.1) is 17.9 Å². The van der Waals surface area contributed by atoms with Gasteiger partial charge < -0.3 is 4.74 Å². The molecule has 172 valence electrons. The molecule has 2 aromatic heterocycles. The van der Waals surface area contributed by atoms with E-state index in [1.807, 2.05) is 24.4 Å². The summed E-state index contributed by atoms with van der Waals surface area (Å²) in [4.78, 5) is 4.53. The normalized spacial score (nSPS) is 20.5. The molecule has 0 saturated heterocycles. The molecule has 5 nitrogen and oxygen atoms in total. The zero-order valence-electron chi connectivity index (χ0n) is 19.4. The van der Waals surface area contributed by atoms with E-state index in [9.17, 15) is 0 Å². The van der Waals surface area contributed by atoms with E-state index in [1.54, 1.807) is 0 Å². The average Bonchev–Trinajstić information content (AvgIpc) is 3.20. The summed E-state index contributed by atoms with van der Waals surface area (Å²) >= 11 is 6.40. The molecule has 1 fully saturated rings. The van der Waals surface area contributed by atoms with Crippen molar-refractivity contribution >= 4 is 11.6 Å². The Morgan fingerprint density at radius 2 is 1.94 bits per heavy atom. The van der Waals surface area contributed by atoms with Gasteiger partial charge in [0.25, 0.3) is 0 Å². The Balaban J connectivity index is 1.47. The Morgan fingerprint density at radius 3 is 2.70 bits per heavy atom. The number of nitrogens with zero attached hydrogens (tertiary/aromatic N) is 4. The summed E-state index contributed by atoms with van der Waals surface area (Å²) in [7, 11) is 0. The molecule has 0 N–H and O–H groups in total. The summed E-state index contributed by atoms with van der Waals surface area (Å²) in [6, 6.07) is 12.3. The maximum atomic E-state index is 6.40. The molecule has 0 radical (unpaired) electrons. The van der Waals surface area contributed by atoms with Crippen LogP contribution in [0.25, 0.3) is 5.69 Å². The molecule has 5 rings (SSSR count). The number of halogens is 1. The van der Waals surface area contributed by atoms with Gasteiger partial charge in [0.2, 0.25) is 0 Å². The van der Waals surface area contributed by atoms with E-state index in [1.165, 1.54) is 11.1 Å². The molecule has 3 aromatic rings. The molecular weight excluding hydrogens is 432 g/mol. The molecule has 0 spiro atoms. The van der Waals surface area contributed by atoms with E-state index >= 15 is 0 Å². The van der Waals surface area contributed by atoms with Crippen LogP contribution in [0.4, 0.5) is 0 Å². The molecule has 1 aromatic carbocycles. The van der Waals surface area contributed by atoms with E-state index in [2.05, 4.69) is 47.7 Å². The minimum absolute atomic E-state index is 0.278. The summed E-state index contributed by atoms with van der Waals surface area (Å²) < 4.78 is 8.39. The lowest BCUT2D eigenvalue weighted by Gasteiger charge is -2.30. The summed E-state index contributed by atoms with van der Waals surface area (Å²) in [6.45, 7) is 4.23. The predicted molar refractivity (Wildman–Crippen MR) is 131 cm³/mol. The summed E-state index contributed by atoms with van der Waals surface area (Å²) in [6.07, 6.45) is 11.5. The standard InChI is InChI=1S/C27H31ClN4O/c1-18(2)33-24-11-8-20(9-12-24)27-31-30-26-16-19(15-23-5-3-4-14-29-23)6-7-21-17-22(28)10-13-25(21)32(26)27/h3-6,10,13-14,17-18,20,24H,7-9,11-12,15-16H2,1-2H3. The lowest BCUT2D eigenvalue weighted by Crippen LogP contribution is -2.25. The Bertz CT molecular complexity index is 1130. The van der Waals surface area contributed by atoms with Gasteiger partial charge in [-0.05, 0) is 81.8 Å². The fourth-order valence-corrected chi connectivity index (χ4v) is 5.34. The highest BCUT2D eigenvalue weighted by molar-refractivity contribution is 6.30. The highest BCUT2D eigenvalue weighted by atomic mass is 35.5. The minimum atomic E-state index is 0.278. The van der Waals surface area contributed by atoms with Crippen molar-refractivity contribution < 1.29 is 4.74 Å². The highest BCUT2D eigenvalue weighted by Crippen LogP contribution is 2.36. The first-order chi connectivity index (χ1) is 16.1. The first kappa shape index (κ1) is 22.3. The molecule has 0 unspecified atom stereocenters. The highest BCUT2D eigenvalue weighted by Gasteiger charge is 2.29. The fourth-order valence-electron chi connectivity index (χ4n) is 5.15. The molecule has 1 aliphatic heterocycles. The number of fused-ring (bicyclic) bond motifs is 3. The van der Waals surface area contributed by atoms with Crippen LogP contribution in [0.15, 0.2) is 54.2 Å². The van der Waals surface area contributed by atoms with Crippen molar-refractivity contribution in [3.05, 3.63) is 82.2 Å². The van der Waals surface area contributed by atoms with E-state index in [4.69, 9.17) is 26.5 Å². The third kappa shape index (κ3) is 5.04. The van der Waals surface area contributed by atoms with Gasteiger partial charge in [-0.25, -0.2) is 0 Å². The number of hydrogen-bond acceptors (Lipinski definition) is 4. The molecule has 0 amide bonds. The second kappa shape index (κ2) is 9.78. The summed E-state index contributed by atoms with van der Waals surface area (Å²) in [5, 5.41) is 10.2. The quantitative estimate of drug-likeness (QED) is 0.434. The van der Waals surface area contributed by atoms with Crippen molar-refractivity contribution in [3.8, 4) is 5.69 Å². The van der Waals surface area contributed by atoms with Crippen LogP contribution in [-0.2, 0) is 24.0 Å². The van der Waals surface area contributed by atoms with E-state index < -0.39 is 0 Å². The SMILES string of the molecule is CC(C)OC1CCC(c2nnc3n2-c2ccc(Cl)cc2CC=C(Cc2ccccn2)C3)CC1. The third-order valence-electron chi connectivity index (χ3n) is 6.67. The van der Waals surface area contributed by atoms with Gasteiger partial charge in [-0.3, -0.25) is 9.55 Å². The van der Waals surface area contributed by atoms with Crippen LogP contribution in [0.5, 0.6) is 0 Å². The molecule has 0 bridgehead atoms. The number of allylic oxidation sites excluding steroid dienone is 2. The predicted octanol–water partition coefficient (Wildman–Crippen LogP) is 6.03. The van der Waals surface area contributed by atoms with Crippen LogP contribution in [0.2, 0.25) is 5.02 Å². The van der Waals surface area contributed by atoms with Crippen molar-refractivity contribution in [2.75, 3.05) is 0 Å². The second-order valence-electron chi connectivity index (χ2n) is 9.48. The molecule has 3 heterocycles. The van der Waals surface area contributed by atoms with Crippen molar-refractivity contribution in [1.82, 2.24) is 19.7 Å². The zero-order valence-corrected chi connectivity index (χ0v) is 20.1. The van der Waals surface area contributed by atoms with Gasteiger partial charge in [-0.1, -0.05) is 29.3 Å². The Kier molecular flexibility index (Phi) is 6.61. The lowest BCUT2D eigenvalue weighted by atomic mass is 9.86. The molecule has 1 saturated carbocycles. The third-order valence-corrected chi connectivity index (χ3v) is 6.91. The molecule has 6 heteroatoms. The van der Waals surface area contributed by atoms with Crippen LogP contribution < -0.4 is 0 Å². The maximum absolute atomic E-state index is 6.40. The molecule has 0 atom stereocenters. The van der Waals surface area contributed by atoms with Crippen LogP contribution in [0, 0.1) is 0 Å². The van der Waals surface area contributed by atoms with E-state index in [0.717, 1.165) is 73.0 Å². The molecule has 33 heavy (non-hydrogen) atoms. The van der Waals surface area contributed by atoms with Crippen LogP contribution in [0.1, 0.15) is 68.4 Å². The van der Waals surface area contributed by atoms with Crippen molar-refractivity contribution in [3.63, 3.8) is 0 Å². The van der Waals surface area contributed by atoms with Gasteiger partial charge in [0.15, 0.2) is 0 Å². The van der Waals surface area contributed by atoms with Crippen molar-refractivity contribution in [2.45, 2.75) is 76.9 Å². The second-order valence-corrected chi connectivity index (χ2v) is 9.92. The van der Waals surface area contributed by atoms with Crippen LogP contribution in [0.3, 0.4) is 0 Å². The monoisotopic (exact) mass is 462 g/mol. The number of aromatic nitrogens is 4. The first-order valence-corrected chi connectivity index (χ1v) is 12.4. The van der Waals surface area contributed by atoms with Crippen LogP contribution >= 0.6 is 11.6 Å².